The van der Waals surface area contributed by atoms with Gasteiger partial charge in [-0.3, -0.25) is 0 Å². The molecule has 2 N–H and O–H groups in total. The molecule has 1 rings (SSSR count). The summed E-state index contributed by atoms with van der Waals surface area (Å²) in [5, 5.41) is 2.99. The van der Waals surface area contributed by atoms with Crippen LogP contribution in [0.5, 0.6) is 0 Å². The zero-order valence-electron chi connectivity index (χ0n) is 9.79. The van der Waals surface area contributed by atoms with Crippen LogP contribution in [-0.4, -0.2) is 33.6 Å². The summed E-state index contributed by atoms with van der Waals surface area (Å²) in [6.07, 6.45) is 2.00. The Labute approximate surface area is 90.7 Å². The van der Waals surface area contributed by atoms with Crippen molar-refractivity contribution in [3.8, 4) is 0 Å². The van der Waals surface area contributed by atoms with E-state index in [-0.39, 0.29) is 11.5 Å². The van der Waals surface area contributed by atoms with Gasteiger partial charge in [-0.2, -0.15) is 0 Å². The average molecular weight is 216 g/mol. The molecule has 5 heteroatoms. The lowest BCUT2D eigenvalue weighted by Crippen LogP contribution is -2.39. The Hall–Kier alpha value is -0.780. The number of hydrogen-bond acceptors (Lipinski definition) is 5. The van der Waals surface area contributed by atoms with Crippen LogP contribution >= 0.6 is 0 Å². The normalized spacial score (nSPS) is 21.1. The maximum Gasteiger partial charge on any atom is 0.211 e. The molecule has 1 aliphatic rings. The lowest BCUT2D eigenvalue weighted by atomic mass is 9.86. The highest BCUT2D eigenvalue weighted by Crippen LogP contribution is 2.25. The summed E-state index contributed by atoms with van der Waals surface area (Å²) in [5.74, 6) is 0.700. The second-order valence-corrected chi connectivity index (χ2v) is 4.26. The van der Waals surface area contributed by atoms with Gasteiger partial charge in [-0.1, -0.05) is 13.8 Å². The Balaban J connectivity index is 2.48. The largest absolute Gasteiger partial charge is 0.390 e. The van der Waals surface area contributed by atoms with Crippen LogP contribution in [0.25, 0.3) is 0 Å². The highest BCUT2D eigenvalue weighted by atomic mass is 16.7. The molecule has 0 saturated carbocycles. The number of methoxy groups -OCH3 is 2. The Kier molecular flexibility index (Phi) is 4.38. The number of rotatable bonds is 6. The first-order chi connectivity index (χ1) is 7.10. The van der Waals surface area contributed by atoms with E-state index in [0.29, 0.717) is 19.2 Å². The van der Waals surface area contributed by atoms with Crippen molar-refractivity contribution >= 4 is 0 Å². The molecule has 0 aromatic heterocycles. The van der Waals surface area contributed by atoms with E-state index in [2.05, 4.69) is 24.6 Å². The van der Waals surface area contributed by atoms with Crippen LogP contribution in [0.4, 0.5) is 0 Å². The molecule has 0 aromatic carbocycles. The predicted molar refractivity (Wildman–Crippen MR) is 56.8 cm³/mol. The molecule has 0 radical (unpaired) electrons. The van der Waals surface area contributed by atoms with Gasteiger partial charge in [0.15, 0.2) is 0 Å². The summed E-state index contributed by atoms with van der Waals surface area (Å²) in [7, 11) is 3.33. The first-order valence-electron chi connectivity index (χ1n) is 4.96. The summed E-state index contributed by atoms with van der Waals surface area (Å²) in [4.78, 5) is 5.26. The SMILES string of the molecule is COCNC1=CC(C(C)(C)COC)NO1. The topological polar surface area (TPSA) is 51.8 Å². The first-order valence-corrected chi connectivity index (χ1v) is 4.96. The molecule has 0 spiro atoms. The van der Waals surface area contributed by atoms with E-state index in [9.17, 15) is 0 Å². The molecule has 0 bridgehead atoms. The van der Waals surface area contributed by atoms with Gasteiger partial charge in [-0.25, -0.2) is 0 Å². The first kappa shape index (κ1) is 12.3. The van der Waals surface area contributed by atoms with E-state index in [1.54, 1.807) is 14.2 Å². The number of nitrogens with one attached hydrogen (secondary N) is 2. The van der Waals surface area contributed by atoms with Crippen LogP contribution in [0.1, 0.15) is 13.8 Å². The van der Waals surface area contributed by atoms with E-state index < -0.39 is 0 Å². The van der Waals surface area contributed by atoms with Gasteiger partial charge in [0.2, 0.25) is 5.88 Å². The monoisotopic (exact) mass is 216 g/mol. The van der Waals surface area contributed by atoms with Crippen LogP contribution < -0.4 is 10.8 Å². The standard InChI is InChI=1S/C10H20N2O3/c1-10(2,6-13-3)8-5-9(15-12-8)11-7-14-4/h5,8,11-12H,6-7H2,1-4H3. The van der Waals surface area contributed by atoms with Gasteiger partial charge in [-0.15, -0.1) is 5.48 Å². The number of hydroxylamine groups is 1. The lowest BCUT2D eigenvalue weighted by molar-refractivity contribution is 0.0270. The zero-order chi connectivity index (χ0) is 11.3. The van der Waals surface area contributed by atoms with Crippen molar-refractivity contribution in [2.75, 3.05) is 27.6 Å². The summed E-state index contributed by atoms with van der Waals surface area (Å²) in [6, 6.07) is 0.136. The molecular weight excluding hydrogens is 196 g/mol. The van der Waals surface area contributed by atoms with Crippen molar-refractivity contribution in [2.45, 2.75) is 19.9 Å². The van der Waals surface area contributed by atoms with Crippen molar-refractivity contribution in [3.05, 3.63) is 12.0 Å². The molecule has 1 unspecified atom stereocenters. The highest BCUT2D eigenvalue weighted by Gasteiger charge is 2.32. The summed E-state index contributed by atoms with van der Waals surface area (Å²) in [5.41, 5.74) is 2.94. The van der Waals surface area contributed by atoms with Gasteiger partial charge < -0.3 is 19.6 Å². The minimum absolute atomic E-state index is 0.00868. The second kappa shape index (κ2) is 5.34. The van der Waals surface area contributed by atoms with E-state index in [4.69, 9.17) is 14.3 Å². The van der Waals surface area contributed by atoms with E-state index in [1.165, 1.54) is 0 Å². The quantitative estimate of drug-likeness (QED) is 0.637. The van der Waals surface area contributed by atoms with Crippen LogP contribution in [0, 0.1) is 5.41 Å². The molecule has 1 aliphatic heterocycles. The molecule has 0 saturated heterocycles. The fraction of sp³-hybridized carbons (Fsp3) is 0.800. The van der Waals surface area contributed by atoms with Crippen molar-refractivity contribution < 1.29 is 14.3 Å². The third-order valence-electron chi connectivity index (χ3n) is 2.36. The van der Waals surface area contributed by atoms with Crippen LogP contribution in [-0.2, 0) is 14.3 Å². The minimum atomic E-state index is -0.00868. The molecular formula is C10H20N2O3. The van der Waals surface area contributed by atoms with Crippen molar-refractivity contribution in [3.63, 3.8) is 0 Å². The molecule has 0 aromatic rings. The van der Waals surface area contributed by atoms with Crippen LogP contribution in [0.2, 0.25) is 0 Å². The molecule has 5 nitrogen and oxygen atoms in total. The van der Waals surface area contributed by atoms with E-state index >= 15 is 0 Å². The van der Waals surface area contributed by atoms with Crippen LogP contribution in [0.3, 0.4) is 0 Å². The van der Waals surface area contributed by atoms with E-state index in [1.807, 2.05) is 6.08 Å². The predicted octanol–water partition coefficient (Wildman–Crippen LogP) is 0.597. The average Bonchev–Trinajstić information content (AvgIpc) is 2.63. The van der Waals surface area contributed by atoms with Crippen molar-refractivity contribution in [2.24, 2.45) is 5.41 Å². The molecule has 0 amide bonds. The zero-order valence-corrected chi connectivity index (χ0v) is 9.79. The summed E-state index contributed by atoms with van der Waals surface area (Å²) in [6.45, 7) is 5.34. The minimum Gasteiger partial charge on any atom is -0.390 e. The maximum absolute atomic E-state index is 5.26. The van der Waals surface area contributed by atoms with Crippen LogP contribution in [0.15, 0.2) is 12.0 Å². The third kappa shape index (κ3) is 3.37. The number of hydrogen-bond donors (Lipinski definition) is 2. The Bertz CT molecular complexity index is 229. The van der Waals surface area contributed by atoms with Gasteiger partial charge in [-0.05, 0) is 6.08 Å². The molecule has 88 valence electrons. The van der Waals surface area contributed by atoms with Crippen molar-refractivity contribution in [1.29, 1.82) is 0 Å². The Morgan fingerprint density at radius 3 is 2.80 bits per heavy atom. The molecule has 0 fully saturated rings. The maximum atomic E-state index is 5.26. The molecule has 1 heterocycles. The van der Waals surface area contributed by atoms with Gasteiger partial charge in [0, 0.05) is 19.6 Å². The fourth-order valence-corrected chi connectivity index (χ4v) is 1.43. The van der Waals surface area contributed by atoms with Gasteiger partial charge in [0.1, 0.15) is 6.73 Å². The molecule has 15 heavy (non-hydrogen) atoms. The van der Waals surface area contributed by atoms with Gasteiger partial charge in [0.25, 0.3) is 0 Å². The van der Waals surface area contributed by atoms with E-state index in [0.717, 1.165) is 0 Å². The van der Waals surface area contributed by atoms with Gasteiger partial charge >= 0.3 is 0 Å². The third-order valence-corrected chi connectivity index (χ3v) is 2.36. The van der Waals surface area contributed by atoms with Gasteiger partial charge in [0.05, 0.1) is 12.6 Å². The smallest absolute Gasteiger partial charge is 0.211 e. The second-order valence-electron chi connectivity index (χ2n) is 4.26. The summed E-state index contributed by atoms with van der Waals surface area (Å²) >= 11 is 0. The highest BCUT2D eigenvalue weighted by molar-refractivity contribution is 5.07. The fourth-order valence-electron chi connectivity index (χ4n) is 1.43. The molecule has 1 atom stereocenters. The lowest BCUT2D eigenvalue weighted by Gasteiger charge is -2.28. The Morgan fingerprint density at radius 2 is 2.20 bits per heavy atom. The number of ether oxygens (including phenoxy) is 2. The summed E-state index contributed by atoms with van der Waals surface area (Å²) < 4.78 is 10.1. The Morgan fingerprint density at radius 1 is 1.47 bits per heavy atom. The molecule has 0 aliphatic carbocycles. The van der Waals surface area contributed by atoms with Crippen molar-refractivity contribution in [1.82, 2.24) is 10.8 Å².